The van der Waals surface area contributed by atoms with Crippen molar-refractivity contribution in [3.63, 3.8) is 0 Å². The molecular weight excluding hydrogens is 320 g/mol. The minimum Gasteiger partial charge on any atom is -0.485 e. The maximum atomic E-state index is 11.1. The highest BCUT2D eigenvalue weighted by Gasteiger charge is 2.23. The molecule has 3 N–H and O–H groups in total. The lowest BCUT2D eigenvalue weighted by molar-refractivity contribution is -0.119. The first kappa shape index (κ1) is 17.1. The predicted octanol–water partition coefficient (Wildman–Crippen LogP) is 2.27. The number of hydrogen-bond donors (Lipinski definition) is 2. The van der Waals surface area contributed by atoms with Gasteiger partial charge in [-0.2, -0.15) is 0 Å². The van der Waals surface area contributed by atoms with Gasteiger partial charge in [-0.25, -0.2) is 0 Å². The molecule has 1 aliphatic rings. The molecule has 0 spiro atoms. The number of primary amides is 1. The summed E-state index contributed by atoms with van der Waals surface area (Å²) in [5.41, 5.74) is 8.44. The van der Waals surface area contributed by atoms with Gasteiger partial charge in [0.15, 0.2) is 11.5 Å². The van der Waals surface area contributed by atoms with E-state index in [1.54, 1.807) is 6.92 Å². The topological polar surface area (TPSA) is 82.8 Å². The Kier molecular flexibility index (Phi) is 5.09. The number of amides is 1. The monoisotopic (exact) mass is 342 g/mol. The maximum absolute atomic E-state index is 11.1. The average molecular weight is 342 g/mol. The summed E-state index contributed by atoms with van der Waals surface area (Å²) < 4.78 is 17.1. The van der Waals surface area contributed by atoms with Crippen LogP contribution >= 0.6 is 0 Å². The Labute approximate surface area is 146 Å². The molecule has 0 aromatic heterocycles. The molecule has 0 saturated heterocycles. The van der Waals surface area contributed by atoms with E-state index in [1.807, 2.05) is 37.3 Å². The minimum absolute atomic E-state index is 0.151. The summed E-state index contributed by atoms with van der Waals surface area (Å²) in [6.45, 7) is 4.83. The Morgan fingerprint density at radius 3 is 2.84 bits per heavy atom. The van der Waals surface area contributed by atoms with Gasteiger partial charge in [-0.1, -0.05) is 35.9 Å². The maximum Gasteiger partial charge on any atom is 0.234 e. The van der Waals surface area contributed by atoms with E-state index in [0.717, 1.165) is 11.1 Å². The van der Waals surface area contributed by atoms with Gasteiger partial charge in [-0.3, -0.25) is 4.79 Å². The summed E-state index contributed by atoms with van der Waals surface area (Å²) in [4.78, 5) is 11.1. The predicted molar refractivity (Wildman–Crippen MR) is 93.6 cm³/mol. The van der Waals surface area contributed by atoms with E-state index < -0.39 is 11.9 Å². The zero-order valence-electron chi connectivity index (χ0n) is 14.4. The fourth-order valence-electron chi connectivity index (χ4n) is 2.61. The number of hydrogen-bond acceptors (Lipinski definition) is 5. The first-order valence-electron chi connectivity index (χ1n) is 8.17. The van der Waals surface area contributed by atoms with E-state index in [9.17, 15) is 4.79 Å². The second-order valence-electron chi connectivity index (χ2n) is 6.07. The van der Waals surface area contributed by atoms with Crippen molar-refractivity contribution in [3.8, 4) is 17.2 Å². The van der Waals surface area contributed by atoms with Crippen molar-refractivity contribution in [1.82, 2.24) is 5.32 Å². The van der Waals surface area contributed by atoms with Crippen LogP contribution in [0, 0.1) is 6.92 Å². The smallest absolute Gasteiger partial charge is 0.234 e. The quantitative estimate of drug-likeness (QED) is 0.806. The Balaban J connectivity index is 1.72. The number of carbonyl (C=O) groups is 1. The second kappa shape index (κ2) is 7.44. The van der Waals surface area contributed by atoms with Gasteiger partial charge in [0.25, 0.3) is 0 Å². The van der Waals surface area contributed by atoms with Gasteiger partial charge in [-0.05, 0) is 25.5 Å². The van der Waals surface area contributed by atoms with Crippen LogP contribution in [0.15, 0.2) is 36.4 Å². The zero-order valence-corrected chi connectivity index (χ0v) is 14.4. The number of aryl methyl sites for hydroxylation is 1. The summed E-state index contributed by atoms with van der Waals surface area (Å²) in [6.07, 6.45) is 0. The lowest BCUT2D eigenvalue weighted by atomic mass is 10.1. The van der Waals surface area contributed by atoms with E-state index in [2.05, 4.69) is 11.4 Å². The molecule has 6 heteroatoms. The fourth-order valence-corrected chi connectivity index (χ4v) is 2.61. The summed E-state index contributed by atoms with van der Waals surface area (Å²) in [7, 11) is 0. The average Bonchev–Trinajstić information content (AvgIpc) is 3.08. The molecule has 6 nitrogen and oxygen atoms in total. The first-order chi connectivity index (χ1) is 12.0. The molecule has 0 bridgehead atoms. The van der Waals surface area contributed by atoms with Gasteiger partial charge >= 0.3 is 0 Å². The van der Waals surface area contributed by atoms with E-state index in [0.29, 0.717) is 30.4 Å². The normalized spacial score (nSPS) is 13.5. The van der Waals surface area contributed by atoms with Crippen LogP contribution in [0.5, 0.6) is 17.2 Å². The van der Waals surface area contributed by atoms with Crippen molar-refractivity contribution in [1.29, 1.82) is 0 Å². The Morgan fingerprint density at radius 2 is 2.08 bits per heavy atom. The summed E-state index contributed by atoms with van der Waals surface area (Å²) in [6, 6.07) is 11.5. The van der Waals surface area contributed by atoms with Crippen molar-refractivity contribution < 1.29 is 19.0 Å². The van der Waals surface area contributed by atoms with Gasteiger partial charge in [0.2, 0.25) is 18.4 Å². The van der Waals surface area contributed by atoms with Gasteiger partial charge in [0, 0.05) is 12.1 Å². The lowest BCUT2D eigenvalue weighted by Crippen LogP contribution is -2.38. The molecule has 0 fully saturated rings. The Hall–Kier alpha value is -2.73. The van der Waals surface area contributed by atoms with Gasteiger partial charge in [0.05, 0.1) is 6.04 Å². The van der Waals surface area contributed by atoms with E-state index in [-0.39, 0.29) is 6.79 Å². The van der Waals surface area contributed by atoms with Crippen LogP contribution in [-0.2, 0) is 17.9 Å². The number of fused-ring (bicyclic) bond motifs is 1. The molecular formula is C19H22N2O4. The van der Waals surface area contributed by atoms with Crippen LogP contribution in [0.2, 0.25) is 0 Å². The van der Waals surface area contributed by atoms with Crippen molar-refractivity contribution in [2.24, 2.45) is 5.73 Å². The third-order valence-electron chi connectivity index (χ3n) is 4.07. The number of nitrogens with one attached hydrogen (secondary N) is 1. The molecule has 2 aromatic carbocycles. The molecule has 25 heavy (non-hydrogen) atoms. The molecule has 0 saturated carbocycles. The molecule has 132 valence electrons. The first-order valence-corrected chi connectivity index (χ1v) is 8.17. The van der Waals surface area contributed by atoms with Crippen LogP contribution < -0.4 is 25.3 Å². The second-order valence-corrected chi connectivity index (χ2v) is 6.07. The van der Waals surface area contributed by atoms with Crippen LogP contribution in [0.1, 0.15) is 23.6 Å². The number of nitrogens with two attached hydrogens (primary N) is 1. The highest BCUT2D eigenvalue weighted by molar-refractivity contribution is 5.79. The van der Waals surface area contributed by atoms with Crippen LogP contribution in [-0.4, -0.2) is 18.7 Å². The fraction of sp³-hybridized carbons (Fsp3) is 0.316. The molecule has 3 rings (SSSR count). The number of carbonyl (C=O) groups excluding carboxylic acids is 1. The van der Waals surface area contributed by atoms with Gasteiger partial charge in [-0.15, -0.1) is 0 Å². The van der Waals surface area contributed by atoms with Crippen LogP contribution in [0.25, 0.3) is 0 Å². The van der Waals surface area contributed by atoms with E-state index >= 15 is 0 Å². The summed E-state index contributed by atoms with van der Waals surface area (Å²) >= 11 is 0. The van der Waals surface area contributed by atoms with E-state index in [4.69, 9.17) is 19.9 Å². The largest absolute Gasteiger partial charge is 0.485 e. The van der Waals surface area contributed by atoms with Crippen molar-refractivity contribution in [2.75, 3.05) is 6.79 Å². The van der Waals surface area contributed by atoms with E-state index in [1.165, 1.54) is 5.56 Å². The standard InChI is InChI=1S/C19H22N2O4/c1-12-4-3-5-14(8-12)10-23-16-7-6-15(9-21-13(2)19(20)22)17-18(16)25-11-24-17/h3-8,13,21H,9-11H2,1-2H3,(H2,20,22)/t13-/m0/s1. The Bertz CT molecular complexity index is 776. The van der Waals surface area contributed by atoms with Gasteiger partial charge < -0.3 is 25.3 Å². The molecule has 0 radical (unpaired) electrons. The summed E-state index contributed by atoms with van der Waals surface area (Å²) in [5, 5.41) is 3.06. The molecule has 2 aromatic rings. The molecule has 1 aliphatic heterocycles. The number of rotatable bonds is 7. The molecule has 1 heterocycles. The molecule has 0 aliphatic carbocycles. The lowest BCUT2D eigenvalue weighted by Gasteiger charge is -2.14. The third-order valence-corrected chi connectivity index (χ3v) is 4.07. The molecule has 0 unspecified atom stereocenters. The SMILES string of the molecule is Cc1cccc(COc2ccc(CN[C@@H](C)C(N)=O)c3c2OCO3)c1. The highest BCUT2D eigenvalue weighted by Crippen LogP contribution is 2.43. The van der Waals surface area contributed by atoms with Crippen LogP contribution in [0.4, 0.5) is 0 Å². The van der Waals surface area contributed by atoms with Gasteiger partial charge in [0.1, 0.15) is 6.61 Å². The van der Waals surface area contributed by atoms with Crippen molar-refractivity contribution in [3.05, 3.63) is 53.1 Å². The molecule has 1 atom stereocenters. The van der Waals surface area contributed by atoms with Crippen molar-refractivity contribution in [2.45, 2.75) is 33.0 Å². The summed E-state index contributed by atoms with van der Waals surface area (Å²) in [5.74, 6) is 1.48. The minimum atomic E-state index is -0.421. The zero-order chi connectivity index (χ0) is 17.8. The number of ether oxygens (including phenoxy) is 3. The van der Waals surface area contributed by atoms with Crippen molar-refractivity contribution >= 4 is 5.91 Å². The Morgan fingerprint density at radius 1 is 1.28 bits per heavy atom. The highest BCUT2D eigenvalue weighted by atomic mass is 16.7. The molecule has 1 amide bonds. The van der Waals surface area contributed by atoms with Crippen LogP contribution in [0.3, 0.4) is 0 Å². The number of benzene rings is 2. The third kappa shape index (κ3) is 4.03.